The molecule has 108 valence electrons. The smallest absolute Gasteiger partial charge is 0.320 e. The van der Waals surface area contributed by atoms with Gasteiger partial charge in [0.1, 0.15) is 6.04 Å². The number of non-ortho nitro benzene ring substituents is 1. The van der Waals surface area contributed by atoms with Crippen molar-refractivity contribution in [3.63, 3.8) is 0 Å². The molecule has 4 N–H and O–H groups in total. The summed E-state index contributed by atoms with van der Waals surface area (Å²) in [6, 6.07) is 4.28. The summed E-state index contributed by atoms with van der Waals surface area (Å²) in [7, 11) is 0. The van der Waals surface area contributed by atoms with Crippen molar-refractivity contribution < 1.29 is 24.7 Å². The van der Waals surface area contributed by atoms with E-state index < -0.39 is 28.8 Å². The Balaban J connectivity index is 2.85. The number of nitro benzene ring substituents is 1. The van der Waals surface area contributed by atoms with Crippen molar-refractivity contribution in [1.29, 1.82) is 0 Å². The van der Waals surface area contributed by atoms with Crippen LogP contribution in [0.15, 0.2) is 24.3 Å². The van der Waals surface area contributed by atoms with Gasteiger partial charge in [0.25, 0.3) is 5.69 Å². The third-order valence-electron chi connectivity index (χ3n) is 2.81. The molecule has 0 fully saturated rings. The van der Waals surface area contributed by atoms with E-state index in [0.29, 0.717) is 5.56 Å². The zero-order chi connectivity index (χ0) is 15.3. The van der Waals surface area contributed by atoms with Gasteiger partial charge in [0.2, 0.25) is 0 Å². The number of nitro groups is 1. The second kappa shape index (κ2) is 6.62. The molecule has 0 saturated carbocycles. The molecule has 0 spiro atoms. The molecule has 8 nitrogen and oxygen atoms in total. The van der Waals surface area contributed by atoms with Gasteiger partial charge in [-0.2, -0.15) is 0 Å². The molecule has 1 aromatic rings. The largest absolute Gasteiger partial charge is 0.481 e. The van der Waals surface area contributed by atoms with Crippen molar-refractivity contribution in [3.8, 4) is 0 Å². The van der Waals surface area contributed by atoms with E-state index in [-0.39, 0.29) is 18.5 Å². The van der Waals surface area contributed by atoms with Crippen molar-refractivity contribution in [1.82, 2.24) is 0 Å². The number of benzene rings is 1. The zero-order valence-corrected chi connectivity index (χ0v) is 10.4. The van der Waals surface area contributed by atoms with E-state index >= 15 is 0 Å². The van der Waals surface area contributed by atoms with E-state index in [1.165, 1.54) is 18.2 Å². The Morgan fingerprint density at radius 3 is 2.45 bits per heavy atom. The van der Waals surface area contributed by atoms with E-state index in [1.54, 1.807) is 6.07 Å². The van der Waals surface area contributed by atoms with E-state index in [0.717, 1.165) is 0 Å². The molecular formula is C12H14N2O6. The first-order chi connectivity index (χ1) is 9.31. The number of aliphatic carboxylic acids is 2. The van der Waals surface area contributed by atoms with Crippen LogP contribution in [0.5, 0.6) is 0 Å². The highest BCUT2D eigenvalue weighted by atomic mass is 16.6. The number of rotatable bonds is 7. The molecule has 0 heterocycles. The maximum Gasteiger partial charge on any atom is 0.320 e. The van der Waals surface area contributed by atoms with E-state index in [9.17, 15) is 19.7 Å². The van der Waals surface area contributed by atoms with Crippen LogP contribution in [0.2, 0.25) is 0 Å². The minimum atomic E-state index is -1.28. The second-order valence-corrected chi connectivity index (χ2v) is 4.35. The first kappa shape index (κ1) is 15.6. The Morgan fingerprint density at radius 1 is 1.30 bits per heavy atom. The Morgan fingerprint density at radius 2 is 1.95 bits per heavy atom. The van der Waals surface area contributed by atoms with Gasteiger partial charge in [-0.1, -0.05) is 12.1 Å². The average Bonchev–Trinajstić information content (AvgIpc) is 2.37. The number of carboxylic acids is 2. The SMILES string of the molecule is N[C@H](C[C@H](Cc1cccc([N+](=O)[O-])c1)C(=O)O)C(=O)O. The van der Waals surface area contributed by atoms with Crippen LogP contribution < -0.4 is 5.73 Å². The lowest BCUT2D eigenvalue weighted by Crippen LogP contribution is -2.35. The second-order valence-electron chi connectivity index (χ2n) is 4.35. The summed E-state index contributed by atoms with van der Waals surface area (Å²) >= 11 is 0. The molecule has 0 aliphatic rings. The first-order valence-electron chi connectivity index (χ1n) is 5.75. The minimum Gasteiger partial charge on any atom is -0.481 e. The molecule has 0 aliphatic heterocycles. The van der Waals surface area contributed by atoms with Crippen molar-refractivity contribution in [3.05, 3.63) is 39.9 Å². The van der Waals surface area contributed by atoms with Gasteiger partial charge in [-0.3, -0.25) is 19.7 Å². The predicted molar refractivity (Wildman–Crippen MR) is 68.2 cm³/mol. The van der Waals surface area contributed by atoms with Crippen LogP contribution in [0.25, 0.3) is 0 Å². The molecule has 1 rings (SSSR count). The summed E-state index contributed by atoms with van der Waals surface area (Å²) in [6.45, 7) is 0. The van der Waals surface area contributed by atoms with Gasteiger partial charge >= 0.3 is 11.9 Å². The summed E-state index contributed by atoms with van der Waals surface area (Å²) in [5, 5.41) is 28.4. The highest BCUT2D eigenvalue weighted by Gasteiger charge is 2.25. The normalized spacial score (nSPS) is 13.4. The number of nitrogens with two attached hydrogens (primary N) is 1. The molecule has 0 saturated heterocycles. The first-order valence-corrected chi connectivity index (χ1v) is 5.75. The molecule has 1 aromatic carbocycles. The van der Waals surface area contributed by atoms with Gasteiger partial charge in [-0.15, -0.1) is 0 Å². The fourth-order valence-electron chi connectivity index (χ4n) is 1.76. The van der Waals surface area contributed by atoms with Gasteiger partial charge in [0, 0.05) is 12.1 Å². The van der Waals surface area contributed by atoms with Crippen LogP contribution >= 0.6 is 0 Å². The Hall–Kier alpha value is -2.48. The van der Waals surface area contributed by atoms with Crippen LogP contribution in [0.4, 0.5) is 5.69 Å². The van der Waals surface area contributed by atoms with Crippen LogP contribution in [0.3, 0.4) is 0 Å². The summed E-state index contributed by atoms with van der Waals surface area (Å²) in [5.41, 5.74) is 5.62. The Bertz CT molecular complexity index is 530. The van der Waals surface area contributed by atoms with Crippen molar-refractivity contribution in [2.75, 3.05) is 0 Å². The van der Waals surface area contributed by atoms with Crippen LogP contribution in [-0.4, -0.2) is 33.1 Å². The van der Waals surface area contributed by atoms with Gasteiger partial charge in [-0.05, 0) is 18.4 Å². The lowest BCUT2D eigenvalue weighted by atomic mass is 9.93. The fourth-order valence-corrected chi connectivity index (χ4v) is 1.76. The van der Waals surface area contributed by atoms with Crippen LogP contribution in [0.1, 0.15) is 12.0 Å². The molecule has 2 atom stereocenters. The Labute approximate surface area is 114 Å². The van der Waals surface area contributed by atoms with Crippen molar-refractivity contribution >= 4 is 17.6 Å². The molecule has 0 radical (unpaired) electrons. The summed E-state index contributed by atoms with van der Waals surface area (Å²) < 4.78 is 0. The molecule has 0 unspecified atom stereocenters. The van der Waals surface area contributed by atoms with Crippen LogP contribution in [0, 0.1) is 16.0 Å². The van der Waals surface area contributed by atoms with E-state index in [2.05, 4.69) is 0 Å². The number of carbonyl (C=O) groups is 2. The van der Waals surface area contributed by atoms with Gasteiger partial charge in [0.15, 0.2) is 0 Å². The number of hydrogen-bond donors (Lipinski definition) is 3. The molecule has 0 amide bonds. The van der Waals surface area contributed by atoms with E-state index in [1.807, 2.05) is 0 Å². The monoisotopic (exact) mass is 282 g/mol. The van der Waals surface area contributed by atoms with Gasteiger partial charge in [0.05, 0.1) is 10.8 Å². The Kier molecular flexibility index (Phi) is 5.15. The minimum absolute atomic E-state index is 0.0159. The third-order valence-corrected chi connectivity index (χ3v) is 2.81. The molecule has 20 heavy (non-hydrogen) atoms. The maximum atomic E-state index is 11.1. The summed E-state index contributed by atoms with van der Waals surface area (Å²) in [5.74, 6) is -3.48. The zero-order valence-electron chi connectivity index (χ0n) is 10.4. The number of hydrogen-bond acceptors (Lipinski definition) is 5. The average molecular weight is 282 g/mol. The number of carboxylic acid groups (broad SMARTS) is 2. The predicted octanol–water partition coefficient (Wildman–Crippen LogP) is 0.640. The quantitative estimate of drug-likeness (QED) is 0.491. The van der Waals surface area contributed by atoms with Crippen molar-refractivity contribution in [2.45, 2.75) is 18.9 Å². The topological polar surface area (TPSA) is 144 Å². The highest BCUT2D eigenvalue weighted by Crippen LogP contribution is 2.19. The van der Waals surface area contributed by atoms with Crippen molar-refractivity contribution in [2.24, 2.45) is 11.7 Å². The maximum absolute atomic E-state index is 11.1. The van der Waals surface area contributed by atoms with Gasteiger partial charge in [-0.25, -0.2) is 0 Å². The number of nitrogens with zero attached hydrogens (tertiary/aromatic N) is 1. The summed E-state index contributed by atoms with van der Waals surface area (Å²) in [6.07, 6.45) is -0.259. The molecular weight excluding hydrogens is 268 g/mol. The third kappa shape index (κ3) is 4.32. The van der Waals surface area contributed by atoms with E-state index in [4.69, 9.17) is 15.9 Å². The lowest BCUT2D eigenvalue weighted by Gasteiger charge is -2.14. The summed E-state index contributed by atoms with van der Waals surface area (Å²) in [4.78, 5) is 31.8. The molecule has 0 aliphatic carbocycles. The fraction of sp³-hybridized carbons (Fsp3) is 0.333. The molecule has 0 aromatic heterocycles. The highest BCUT2D eigenvalue weighted by molar-refractivity contribution is 5.76. The molecule has 8 heteroatoms. The standard InChI is InChI=1S/C12H14N2O6/c13-10(12(17)18)6-8(11(15)16)4-7-2-1-3-9(5-7)14(19)20/h1-3,5,8,10H,4,6,13H2,(H,15,16)(H,17,18)/t8-,10+/m0/s1. The van der Waals surface area contributed by atoms with Gasteiger partial charge < -0.3 is 15.9 Å². The van der Waals surface area contributed by atoms with Crippen LogP contribution in [-0.2, 0) is 16.0 Å². The molecule has 0 bridgehead atoms. The lowest BCUT2D eigenvalue weighted by molar-refractivity contribution is -0.384.